The number of carbonyl (C=O) groups excluding carboxylic acids is 1. The van der Waals surface area contributed by atoms with Crippen molar-refractivity contribution in [2.45, 2.75) is 38.1 Å². The van der Waals surface area contributed by atoms with Crippen molar-refractivity contribution < 1.29 is 9.72 Å². The van der Waals surface area contributed by atoms with Crippen LogP contribution in [0.3, 0.4) is 0 Å². The summed E-state index contributed by atoms with van der Waals surface area (Å²) < 4.78 is 0.386. The number of nitrogens with one attached hydrogen (secondary N) is 1. The summed E-state index contributed by atoms with van der Waals surface area (Å²) in [6, 6.07) is 4.40. The van der Waals surface area contributed by atoms with Gasteiger partial charge in [0.15, 0.2) is 0 Å². The van der Waals surface area contributed by atoms with Crippen LogP contribution in [0.2, 0.25) is 0 Å². The van der Waals surface area contributed by atoms with Gasteiger partial charge in [-0.25, -0.2) is 0 Å². The summed E-state index contributed by atoms with van der Waals surface area (Å²) in [5.41, 5.74) is 6.41. The Bertz CT molecular complexity index is 550. The summed E-state index contributed by atoms with van der Waals surface area (Å²) in [5.74, 6) is -0.378. The standard InChI is InChI=1S/C14H18BrN3O3/c15-11-7-6-9(8-13(11)18(20)21)17-14(19)10-4-2-1-3-5-12(10)16/h6-8,10,12H,1-5,16H2,(H,17,19). The minimum Gasteiger partial charge on any atom is -0.327 e. The summed E-state index contributed by atoms with van der Waals surface area (Å²) in [4.78, 5) is 22.7. The number of benzene rings is 1. The lowest BCUT2D eigenvalue weighted by Gasteiger charge is -2.20. The third-order valence-electron chi connectivity index (χ3n) is 3.82. The molecule has 3 N–H and O–H groups in total. The fourth-order valence-corrected chi connectivity index (χ4v) is 3.02. The average molecular weight is 356 g/mol. The first kappa shape index (κ1) is 15.9. The normalized spacial score (nSPS) is 22.4. The second kappa shape index (κ2) is 7.00. The summed E-state index contributed by atoms with van der Waals surface area (Å²) in [6.07, 6.45) is 4.76. The molecule has 1 aliphatic carbocycles. The lowest BCUT2D eigenvalue weighted by molar-refractivity contribution is -0.385. The van der Waals surface area contributed by atoms with Crippen LogP contribution >= 0.6 is 15.9 Å². The first-order valence-corrected chi connectivity index (χ1v) is 7.78. The zero-order valence-electron chi connectivity index (χ0n) is 11.5. The van der Waals surface area contributed by atoms with Crippen LogP contribution < -0.4 is 11.1 Å². The van der Waals surface area contributed by atoms with Crippen molar-refractivity contribution in [1.29, 1.82) is 0 Å². The zero-order valence-corrected chi connectivity index (χ0v) is 13.1. The van der Waals surface area contributed by atoms with Crippen LogP contribution in [0, 0.1) is 16.0 Å². The fraction of sp³-hybridized carbons (Fsp3) is 0.500. The topological polar surface area (TPSA) is 98.3 Å². The molecular formula is C14H18BrN3O3. The minimum absolute atomic E-state index is 0.0713. The van der Waals surface area contributed by atoms with Crippen molar-refractivity contribution >= 4 is 33.2 Å². The summed E-state index contributed by atoms with van der Waals surface area (Å²) >= 11 is 3.12. The Balaban J connectivity index is 2.11. The van der Waals surface area contributed by atoms with Gasteiger partial charge >= 0.3 is 0 Å². The lowest BCUT2D eigenvalue weighted by Crippen LogP contribution is -2.37. The minimum atomic E-state index is -0.489. The number of hydrogen-bond donors (Lipinski definition) is 2. The van der Waals surface area contributed by atoms with Crippen LogP contribution in [-0.2, 0) is 4.79 Å². The molecule has 0 saturated heterocycles. The molecule has 1 aliphatic rings. The molecule has 0 aromatic heterocycles. The van der Waals surface area contributed by atoms with Crippen molar-refractivity contribution in [3.05, 3.63) is 32.8 Å². The molecule has 7 heteroatoms. The van der Waals surface area contributed by atoms with E-state index >= 15 is 0 Å². The molecule has 1 aromatic rings. The Morgan fingerprint density at radius 3 is 2.76 bits per heavy atom. The first-order chi connectivity index (χ1) is 9.99. The number of nitro benzene ring substituents is 1. The van der Waals surface area contributed by atoms with Crippen LogP contribution in [0.25, 0.3) is 0 Å². The van der Waals surface area contributed by atoms with E-state index in [1.165, 1.54) is 6.07 Å². The van der Waals surface area contributed by atoms with E-state index in [0.29, 0.717) is 10.2 Å². The van der Waals surface area contributed by atoms with Gasteiger partial charge in [-0.2, -0.15) is 0 Å². The number of rotatable bonds is 3. The third-order valence-corrected chi connectivity index (χ3v) is 4.49. The summed E-state index contributed by atoms with van der Waals surface area (Å²) in [5, 5.41) is 13.6. The summed E-state index contributed by atoms with van der Waals surface area (Å²) in [6.45, 7) is 0. The van der Waals surface area contributed by atoms with Crippen molar-refractivity contribution in [1.82, 2.24) is 0 Å². The van der Waals surface area contributed by atoms with Gasteiger partial charge in [0, 0.05) is 17.8 Å². The van der Waals surface area contributed by atoms with E-state index in [0.717, 1.165) is 32.1 Å². The van der Waals surface area contributed by atoms with Gasteiger partial charge in [-0.15, -0.1) is 0 Å². The van der Waals surface area contributed by atoms with E-state index in [1.807, 2.05) is 0 Å². The summed E-state index contributed by atoms with van der Waals surface area (Å²) in [7, 11) is 0. The Hall–Kier alpha value is -1.47. The number of anilines is 1. The SMILES string of the molecule is NC1CCCCCC1C(=O)Nc1ccc(Br)c([N+](=O)[O-])c1. The van der Waals surface area contributed by atoms with Crippen LogP contribution in [0.5, 0.6) is 0 Å². The molecule has 0 aliphatic heterocycles. The highest BCUT2D eigenvalue weighted by Gasteiger charge is 2.27. The van der Waals surface area contributed by atoms with E-state index in [9.17, 15) is 14.9 Å². The Morgan fingerprint density at radius 2 is 2.05 bits per heavy atom. The van der Waals surface area contributed by atoms with Gasteiger partial charge < -0.3 is 11.1 Å². The van der Waals surface area contributed by atoms with Gasteiger partial charge in [0.1, 0.15) is 0 Å². The second-order valence-electron chi connectivity index (χ2n) is 5.32. The van der Waals surface area contributed by atoms with Crippen molar-refractivity contribution in [2.24, 2.45) is 11.7 Å². The molecule has 2 rings (SSSR count). The van der Waals surface area contributed by atoms with E-state index in [4.69, 9.17) is 5.73 Å². The predicted octanol–water partition coefficient (Wildman–Crippen LogP) is 3.20. The number of carbonyl (C=O) groups is 1. The Kier molecular flexibility index (Phi) is 5.30. The van der Waals surface area contributed by atoms with Crippen LogP contribution in [0.4, 0.5) is 11.4 Å². The molecule has 6 nitrogen and oxygen atoms in total. The van der Waals surface area contributed by atoms with Crippen molar-refractivity contribution in [3.8, 4) is 0 Å². The highest BCUT2D eigenvalue weighted by molar-refractivity contribution is 9.10. The molecule has 0 spiro atoms. The molecule has 2 unspecified atom stereocenters. The first-order valence-electron chi connectivity index (χ1n) is 6.99. The second-order valence-corrected chi connectivity index (χ2v) is 6.18. The molecule has 1 saturated carbocycles. The Labute approximate surface area is 131 Å². The van der Waals surface area contributed by atoms with Gasteiger partial charge in [-0.05, 0) is 40.9 Å². The smallest absolute Gasteiger partial charge is 0.285 e. The van der Waals surface area contributed by atoms with E-state index in [2.05, 4.69) is 21.2 Å². The maximum Gasteiger partial charge on any atom is 0.285 e. The number of nitro groups is 1. The molecule has 0 heterocycles. The van der Waals surface area contributed by atoms with Gasteiger partial charge in [-0.1, -0.05) is 19.3 Å². The van der Waals surface area contributed by atoms with E-state index in [-0.39, 0.29) is 23.6 Å². The highest BCUT2D eigenvalue weighted by Crippen LogP contribution is 2.29. The number of nitrogens with two attached hydrogens (primary N) is 1. The van der Waals surface area contributed by atoms with Gasteiger partial charge in [0.05, 0.1) is 15.3 Å². The van der Waals surface area contributed by atoms with E-state index in [1.54, 1.807) is 12.1 Å². The van der Waals surface area contributed by atoms with Crippen LogP contribution in [0.1, 0.15) is 32.1 Å². The van der Waals surface area contributed by atoms with Gasteiger partial charge in [-0.3, -0.25) is 14.9 Å². The number of halogens is 1. The molecule has 1 aromatic carbocycles. The van der Waals surface area contributed by atoms with Crippen LogP contribution in [0.15, 0.2) is 22.7 Å². The maximum atomic E-state index is 12.3. The molecular weight excluding hydrogens is 338 g/mol. The van der Waals surface area contributed by atoms with Crippen molar-refractivity contribution in [2.75, 3.05) is 5.32 Å². The van der Waals surface area contributed by atoms with Gasteiger partial charge in [0.2, 0.25) is 5.91 Å². The molecule has 21 heavy (non-hydrogen) atoms. The lowest BCUT2D eigenvalue weighted by atomic mass is 9.94. The molecule has 0 bridgehead atoms. The van der Waals surface area contributed by atoms with Crippen molar-refractivity contribution in [3.63, 3.8) is 0 Å². The molecule has 2 atom stereocenters. The zero-order chi connectivity index (χ0) is 15.4. The van der Waals surface area contributed by atoms with Crippen LogP contribution in [-0.4, -0.2) is 16.9 Å². The largest absolute Gasteiger partial charge is 0.327 e. The maximum absolute atomic E-state index is 12.3. The number of amides is 1. The molecule has 0 radical (unpaired) electrons. The van der Waals surface area contributed by atoms with E-state index < -0.39 is 4.92 Å². The predicted molar refractivity (Wildman–Crippen MR) is 84.0 cm³/mol. The third kappa shape index (κ3) is 4.01. The average Bonchev–Trinajstić information content (AvgIpc) is 2.65. The molecule has 114 valence electrons. The molecule has 1 fully saturated rings. The number of hydrogen-bond acceptors (Lipinski definition) is 4. The fourth-order valence-electron chi connectivity index (χ4n) is 2.63. The van der Waals surface area contributed by atoms with Gasteiger partial charge in [0.25, 0.3) is 5.69 Å². The number of nitrogens with zero attached hydrogens (tertiary/aromatic N) is 1. The molecule has 1 amide bonds. The Morgan fingerprint density at radius 1 is 1.33 bits per heavy atom. The monoisotopic (exact) mass is 355 g/mol. The quantitative estimate of drug-likeness (QED) is 0.494. The highest BCUT2D eigenvalue weighted by atomic mass is 79.9.